The second-order valence-electron chi connectivity index (χ2n) is 18.0. The van der Waals surface area contributed by atoms with E-state index in [0.29, 0.717) is 17.4 Å². The zero-order chi connectivity index (χ0) is 59.1. The highest BCUT2D eigenvalue weighted by Gasteiger charge is 2.53. The Labute approximate surface area is 453 Å². The highest BCUT2D eigenvalue weighted by Crippen LogP contribution is 2.71. The largest absolute Gasteiger partial charge is 0.756 e. The molecule has 8 heterocycles. The van der Waals surface area contributed by atoms with Crippen molar-refractivity contribution in [2.24, 2.45) is 23.7 Å². The number of aromatic nitrogens is 8. The van der Waals surface area contributed by atoms with Crippen LogP contribution in [0.2, 0.25) is 0 Å². The summed E-state index contributed by atoms with van der Waals surface area (Å²) in [7, 11) is -26.7. The summed E-state index contributed by atoms with van der Waals surface area (Å²) in [6.45, 7) is -3.47. The summed E-state index contributed by atoms with van der Waals surface area (Å²) >= 11 is 0. The molecule has 5 unspecified atom stereocenters. The van der Waals surface area contributed by atoms with E-state index < -0.39 is 149 Å². The highest BCUT2D eigenvalue weighted by molar-refractivity contribution is 7.69. The number of rotatable bonds is 24. The molecule has 0 radical (unpaired) electrons. The molecular formula is C37H54N11O28P5. The Morgan fingerprint density at radius 2 is 1.40 bits per heavy atom. The lowest BCUT2D eigenvalue weighted by Gasteiger charge is -2.31. The first-order valence-electron chi connectivity index (χ1n) is 23.5. The summed E-state index contributed by atoms with van der Waals surface area (Å²) in [5.41, 5.74) is 9.72. The number of nitrogen functional groups attached to an aromatic ring is 1. The molecule has 44 heteroatoms. The number of anilines is 1. The number of nitrogens with two attached hydrogens (primary N) is 2. The average Bonchev–Trinajstić information content (AvgIpc) is 4.25. The van der Waals surface area contributed by atoms with Crippen molar-refractivity contribution < 1.29 is 122 Å². The molecule has 3 saturated heterocycles. The van der Waals surface area contributed by atoms with Gasteiger partial charge in [-0.05, 0) is 19.3 Å². The fourth-order valence-electron chi connectivity index (χ4n) is 9.00. The Balaban J connectivity index is 0.935. The predicted octanol–water partition coefficient (Wildman–Crippen LogP) is -2.83. The number of aryl methyl sites for hydroxylation is 1. The lowest BCUT2D eigenvalue weighted by molar-refractivity contribution is -0.646. The van der Waals surface area contributed by atoms with E-state index >= 15 is 0 Å². The molecule has 0 saturated carbocycles. The van der Waals surface area contributed by atoms with Crippen LogP contribution in [0.4, 0.5) is 11.8 Å². The van der Waals surface area contributed by atoms with Gasteiger partial charge in [0.15, 0.2) is 18.3 Å². The molecule has 450 valence electrons. The molecule has 17 atom stereocenters. The zero-order valence-corrected chi connectivity index (χ0v) is 46.5. The smallest absolute Gasteiger partial charge is 0.490 e. The number of hydrogen-bond donors (Lipinski definition) is 11. The highest BCUT2D eigenvalue weighted by atomic mass is 31.3. The summed E-state index contributed by atoms with van der Waals surface area (Å²) in [4.78, 5) is 109. The number of aromatic amines is 2. The van der Waals surface area contributed by atoms with Crippen molar-refractivity contribution in [3.63, 3.8) is 0 Å². The van der Waals surface area contributed by atoms with Crippen LogP contribution >= 0.6 is 39.1 Å². The third-order valence-electron chi connectivity index (χ3n) is 12.5. The van der Waals surface area contributed by atoms with Crippen LogP contribution in [0.3, 0.4) is 0 Å². The number of imidazole rings is 2. The Morgan fingerprint density at radius 1 is 0.778 bits per heavy atom. The molecule has 4 aromatic heterocycles. The molecule has 81 heavy (non-hydrogen) atoms. The minimum absolute atomic E-state index is 0.00737. The van der Waals surface area contributed by atoms with E-state index in [1.807, 2.05) is 4.98 Å². The number of aliphatic hydroxyl groups excluding tert-OH is 3. The molecule has 4 aliphatic heterocycles. The molecule has 13 N–H and O–H groups in total. The number of fused-ring (bicyclic) bond motifs is 2. The lowest BCUT2D eigenvalue weighted by Crippen LogP contribution is -2.39. The van der Waals surface area contributed by atoms with E-state index in [1.165, 1.54) is 40.4 Å². The summed E-state index contributed by atoms with van der Waals surface area (Å²) in [6, 6.07) is 0.905. The Kier molecular flexibility index (Phi) is 19.1. The maximum Gasteiger partial charge on any atom is 0.490 e. The quantitative estimate of drug-likeness (QED) is 0.0249. The monoisotopic (exact) mass is 1260 g/mol. The number of aliphatic imine (C=N–C) groups is 1. The molecule has 4 aromatic rings. The van der Waals surface area contributed by atoms with Crippen LogP contribution in [0.25, 0.3) is 16.9 Å². The fraction of sp³-hybridized carbons (Fsp3) is 0.595. The number of allylic oxidation sites excluding steroid dienone is 1. The first-order valence-corrected chi connectivity index (χ1v) is 30.9. The van der Waals surface area contributed by atoms with Gasteiger partial charge >= 0.3 is 42.5 Å². The standard InChI is InChI=1S/C37H54N11O28P5/c1-45-16-48(31-24(45)32(53)44-36(39)43-31)33-25(50)17(8-11-65-2)19(70-33)12-68-78(57,58)74-80(61,62)76-81(63,64)75-79(59,60)69-14-21-28(29(66-3)35(72-21)47-15-41-23-18(38)6-4-5-9-40-30(23)47)73-77(55,56)67-13-20-26(51)27(52)34(71-20)46-10-7-22(49)42-37(46)54/h6-7,9-10,15-17,19-21,25-29,33-35,50-52H,4-5,8,11-14,38H2,1-3H3,(H8-,39,42,43,44,49,53,54,55,56,57,58,59,60,61,62,63,64)/b18-6+,40-9-/t17-,19-,20-,21-,25-,26-,27-,28-,29-,33-,34-,35-/m1/s1. The Bertz CT molecular complexity index is 3460. The van der Waals surface area contributed by atoms with Crippen molar-refractivity contribution in [3.8, 4) is 0 Å². The van der Waals surface area contributed by atoms with E-state index in [-0.39, 0.29) is 47.3 Å². The van der Waals surface area contributed by atoms with Gasteiger partial charge in [0.25, 0.3) is 24.5 Å². The summed E-state index contributed by atoms with van der Waals surface area (Å²) in [6.07, 6.45) is -10.9. The number of nitrogens with zero attached hydrogens (tertiary/aromatic N) is 7. The van der Waals surface area contributed by atoms with Crippen molar-refractivity contribution in [1.82, 2.24) is 33.6 Å². The number of nitrogens with one attached hydrogen (secondary N) is 2. The maximum atomic E-state index is 13.6. The lowest BCUT2D eigenvalue weighted by atomic mass is 9.95. The molecule has 8 rings (SSSR count). The minimum atomic E-state index is -6.45. The third-order valence-corrected chi connectivity index (χ3v) is 19.4. The van der Waals surface area contributed by atoms with Crippen molar-refractivity contribution in [2.45, 2.75) is 86.8 Å². The fourth-order valence-corrected chi connectivity index (χ4v) is 14.9. The number of hydrogen-bond acceptors (Lipinski definition) is 29. The summed E-state index contributed by atoms with van der Waals surface area (Å²) < 4.78 is 131. The van der Waals surface area contributed by atoms with Crippen LogP contribution in [0.15, 0.2) is 50.4 Å². The van der Waals surface area contributed by atoms with Crippen LogP contribution < -0.4 is 37.7 Å². The minimum Gasteiger partial charge on any atom is -0.756 e. The molecule has 0 aromatic carbocycles. The van der Waals surface area contributed by atoms with Crippen molar-refractivity contribution in [2.75, 3.05) is 46.4 Å². The molecular weight excluding hydrogens is 1200 g/mol. The second kappa shape index (κ2) is 24.7. The second-order valence-corrected chi connectivity index (χ2v) is 25.6. The molecule has 39 nitrogen and oxygen atoms in total. The van der Waals surface area contributed by atoms with E-state index in [1.54, 1.807) is 6.08 Å². The number of phosphoric ester groups is 3. The molecule has 0 amide bonds. The predicted molar refractivity (Wildman–Crippen MR) is 262 cm³/mol. The van der Waals surface area contributed by atoms with Gasteiger partial charge in [-0.1, -0.05) is 6.08 Å². The van der Waals surface area contributed by atoms with Gasteiger partial charge in [0.2, 0.25) is 18.5 Å². The van der Waals surface area contributed by atoms with E-state index in [0.717, 1.165) is 25.7 Å². The van der Waals surface area contributed by atoms with Gasteiger partial charge in [0.1, 0.15) is 48.4 Å². The molecule has 0 spiro atoms. The van der Waals surface area contributed by atoms with Crippen LogP contribution in [-0.2, 0) is 84.6 Å². The van der Waals surface area contributed by atoms with Crippen LogP contribution in [0, 0.1) is 5.92 Å². The van der Waals surface area contributed by atoms with E-state index in [9.17, 15) is 77.0 Å². The molecule has 0 bridgehead atoms. The SMILES string of the molecule is COCC[C@H]1[C@@H](O)[C@H](n2c[n+](C)c3c(=O)[nH]c(N)nc32)O[C@@H]1COP(=O)(O)OP(=O)(O)OP(=O)(O)OP(=O)(O)OC[C@H]1O[C@@H](n2cnc3c2/N=C\CC/C=C\3N)[C@H](OC)[C@@H]1OP(=O)([O-])OC[C@H]1O[C@@H](n2ccc(=O)[nH]c2=O)[C@H](O)[C@@H]1O. The van der Waals surface area contributed by atoms with Gasteiger partial charge in [-0.25, -0.2) is 37.6 Å². The summed E-state index contributed by atoms with van der Waals surface area (Å²) in [5.74, 6) is -1.24. The summed E-state index contributed by atoms with van der Waals surface area (Å²) in [5, 5.41) is 32.7. The Hall–Kier alpha value is -4.40. The van der Waals surface area contributed by atoms with Gasteiger partial charge < -0.3 is 84.0 Å². The van der Waals surface area contributed by atoms with Gasteiger partial charge in [-0.15, -0.1) is 0 Å². The average molecular weight is 1260 g/mol. The zero-order valence-electron chi connectivity index (χ0n) is 42.1. The van der Waals surface area contributed by atoms with E-state index in [2.05, 4.69) is 32.9 Å². The first kappa shape index (κ1) is 62.6. The normalized spacial score (nSPS) is 31.7. The molecule has 0 aliphatic carbocycles. The van der Waals surface area contributed by atoms with Crippen molar-refractivity contribution in [3.05, 3.63) is 67.9 Å². The third kappa shape index (κ3) is 14.4. The number of H-pyrrole nitrogens is 2. The number of aliphatic hydroxyl groups is 3. The van der Waals surface area contributed by atoms with Gasteiger partial charge in [-0.2, -0.15) is 22.5 Å². The number of ether oxygens (including phenoxy) is 5. The first-order chi connectivity index (χ1) is 37.9. The van der Waals surface area contributed by atoms with Crippen LogP contribution in [0.1, 0.15) is 43.6 Å². The molecule has 3 fully saturated rings. The number of methoxy groups -OCH3 is 2. The van der Waals surface area contributed by atoms with Crippen LogP contribution in [0.5, 0.6) is 0 Å². The maximum absolute atomic E-state index is 13.6. The molecule has 4 aliphatic rings. The van der Waals surface area contributed by atoms with Gasteiger partial charge in [0.05, 0.1) is 45.0 Å². The van der Waals surface area contributed by atoms with Crippen molar-refractivity contribution in [1.29, 1.82) is 0 Å². The van der Waals surface area contributed by atoms with Gasteiger partial charge in [0, 0.05) is 45.2 Å². The Morgan fingerprint density at radius 3 is 2.05 bits per heavy atom. The van der Waals surface area contributed by atoms with Crippen LogP contribution in [-0.4, -0.2) is 164 Å². The van der Waals surface area contributed by atoms with E-state index in [4.69, 9.17) is 53.2 Å². The van der Waals surface area contributed by atoms with Gasteiger partial charge in [-0.3, -0.25) is 42.3 Å². The number of phosphoric acid groups is 5. The topological polar surface area (TPSA) is 552 Å². The van der Waals surface area contributed by atoms with Crippen molar-refractivity contribution >= 4 is 74.0 Å².